The molecule has 2 N–H and O–H groups in total. The standard InChI is InChI=1S/C6H2BN6/c8-1-13-3(9)2-4-11-5(10-2)7-6(13)12-4/h9H,(H,10,11). The highest BCUT2D eigenvalue weighted by Gasteiger charge is 2.20. The van der Waals surface area contributed by atoms with Crippen molar-refractivity contribution in [3.05, 3.63) is 5.49 Å². The van der Waals surface area contributed by atoms with Crippen molar-refractivity contribution < 1.29 is 0 Å². The van der Waals surface area contributed by atoms with Gasteiger partial charge in [0, 0.05) is 0 Å². The largest absolute Gasteiger partial charge is 0.346 e. The van der Waals surface area contributed by atoms with Gasteiger partial charge in [-0.25, -0.2) is 14.5 Å². The van der Waals surface area contributed by atoms with Gasteiger partial charge in [0.05, 0.1) is 11.4 Å². The third-order valence-electron chi connectivity index (χ3n) is 1.98. The van der Waals surface area contributed by atoms with Gasteiger partial charge in [0.2, 0.25) is 0 Å². The Hall–Kier alpha value is -2.10. The second kappa shape index (κ2) is 1.80. The first kappa shape index (κ1) is 6.42. The molecular formula is C6H2BN6. The van der Waals surface area contributed by atoms with E-state index in [1.54, 1.807) is 7.28 Å². The van der Waals surface area contributed by atoms with Crippen LogP contribution in [0.4, 0.5) is 0 Å². The molecule has 0 aromatic carbocycles. The summed E-state index contributed by atoms with van der Waals surface area (Å²) in [6.07, 6.45) is 1.88. The van der Waals surface area contributed by atoms with E-state index in [0.717, 1.165) is 4.57 Å². The van der Waals surface area contributed by atoms with Crippen LogP contribution in [0.5, 0.6) is 0 Å². The molecule has 1 aliphatic rings. The molecule has 0 amide bonds. The van der Waals surface area contributed by atoms with Crippen LogP contribution in [0.15, 0.2) is 0 Å². The average Bonchev–Trinajstić information content (AvgIpc) is 2.36. The van der Waals surface area contributed by atoms with Crippen LogP contribution in [0.2, 0.25) is 0 Å². The fourth-order valence-corrected chi connectivity index (χ4v) is 1.40. The summed E-state index contributed by atoms with van der Waals surface area (Å²) in [5, 5.41) is 16.4. The third kappa shape index (κ3) is 0.608. The van der Waals surface area contributed by atoms with E-state index in [0.29, 0.717) is 22.6 Å². The van der Waals surface area contributed by atoms with Crippen molar-refractivity contribution in [1.29, 1.82) is 10.7 Å². The maximum atomic E-state index is 8.75. The molecule has 3 rings (SSSR count). The number of aromatic nitrogens is 4. The summed E-state index contributed by atoms with van der Waals surface area (Å²) in [6, 6.07) is 0. The molecule has 0 saturated heterocycles. The second-order valence-electron chi connectivity index (χ2n) is 2.72. The van der Waals surface area contributed by atoms with Crippen molar-refractivity contribution in [2.24, 2.45) is 0 Å². The fraction of sp³-hybridized carbons (Fsp3) is 0. The molecule has 13 heavy (non-hydrogen) atoms. The van der Waals surface area contributed by atoms with E-state index in [1.807, 2.05) is 6.19 Å². The zero-order valence-corrected chi connectivity index (χ0v) is 6.37. The number of nitriles is 1. The van der Waals surface area contributed by atoms with Crippen LogP contribution in [-0.4, -0.2) is 26.8 Å². The van der Waals surface area contributed by atoms with E-state index in [2.05, 4.69) is 15.0 Å². The molecule has 0 aliphatic carbocycles. The molecular weight excluding hydrogens is 167 g/mol. The van der Waals surface area contributed by atoms with Crippen molar-refractivity contribution in [3.63, 3.8) is 0 Å². The SMILES string of the molecule is N#Cn1c2nc3nc([nH]c3c1=N)[B]2. The first-order valence-corrected chi connectivity index (χ1v) is 3.62. The van der Waals surface area contributed by atoms with Gasteiger partial charge in [-0.05, 0) is 0 Å². The first-order chi connectivity index (χ1) is 6.29. The van der Waals surface area contributed by atoms with Crippen LogP contribution in [0, 0.1) is 16.9 Å². The molecule has 6 nitrogen and oxygen atoms in total. The van der Waals surface area contributed by atoms with Gasteiger partial charge in [-0.15, -0.1) is 0 Å². The molecule has 2 aromatic heterocycles. The maximum absolute atomic E-state index is 8.75. The van der Waals surface area contributed by atoms with E-state index >= 15 is 0 Å². The molecule has 1 radical (unpaired) electrons. The monoisotopic (exact) mass is 169 g/mol. The van der Waals surface area contributed by atoms with Gasteiger partial charge < -0.3 is 4.98 Å². The Morgan fingerprint density at radius 2 is 2.38 bits per heavy atom. The van der Waals surface area contributed by atoms with E-state index < -0.39 is 0 Å². The predicted molar refractivity (Wildman–Crippen MR) is 43.8 cm³/mol. The van der Waals surface area contributed by atoms with Gasteiger partial charge in [0.15, 0.2) is 17.3 Å². The van der Waals surface area contributed by atoms with Gasteiger partial charge in [0.1, 0.15) is 5.52 Å². The highest BCUT2D eigenvalue weighted by Crippen LogP contribution is 1.97. The summed E-state index contributed by atoms with van der Waals surface area (Å²) >= 11 is 0. The van der Waals surface area contributed by atoms with Gasteiger partial charge >= 0.3 is 0 Å². The summed E-state index contributed by atoms with van der Waals surface area (Å²) in [4.78, 5) is 11.0. The number of H-pyrrole nitrogens is 1. The fourth-order valence-electron chi connectivity index (χ4n) is 1.40. The number of hydrogen-bond donors (Lipinski definition) is 2. The molecule has 0 saturated carbocycles. The smallest absolute Gasteiger partial charge is 0.291 e. The number of nitrogens with one attached hydrogen (secondary N) is 2. The van der Waals surface area contributed by atoms with E-state index in [9.17, 15) is 0 Å². The van der Waals surface area contributed by atoms with Crippen LogP contribution in [0.3, 0.4) is 0 Å². The first-order valence-electron chi connectivity index (χ1n) is 3.62. The van der Waals surface area contributed by atoms with Gasteiger partial charge in [-0.1, -0.05) is 0 Å². The number of nitrogens with zero attached hydrogens (tertiary/aromatic N) is 4. The van der Waals surface area contributed by atoms with Crippen molar-refractivity contribution in [2.75, 3.05) is 0 Å². The quantitative estimate of drug-likeness (QED) is 0.365. The molecule has 3 bridgehead atoms. The average molecular weight is 169 g/mol. The van der Waals surface area contributed by atoms with Crippen LogP contribution in [0.25, 0.3) is 11.2 Å². The summed E-state index contributed by atoms with van der Waals surface area (Å²) in [7, 11) is 1.64. The minimum absolute atomic E-state index is 0.106. The van der Waals surface area contributed by atoms with Crippen LogP contribution >= 0.6 is 0 Å². The zero-order valence-electron chi connectivity index (χ0n) is 6.37. The lowest BCUT2D eigenvalue weighted by molar-refractivity contribution is 0.957. The lowest BCUT2D eigenvalue weighted by Crippen LogP contribution is -2.43. The Morgan fingerprint density at radius 1 is 1.54 bits per heavy atom. The maximum Gasteiger partial charge on any atom is 0.291 e. The number of fused-ring (bicyclic) bond motifs is 2. The highest BCUT2D eigenvalue weighted by atomic mass is 15.1. The minimum Gasteiger partial charge on any atom is -0.346 e. The molecule has 2 aromatic rings. The van der Waals surface area contributed by atoms with Crippen LogP contribution in [-0.2, 0) is 0 Å². The molecule has 0 unspecified atom stereocenters. The van der Waals surface area contributed by atoms with Crippen molar-refractivity contribution in [1.82, 2.24) is 19.5 Å². The second-order valence-corrected chi connectivity index (χ2v) is 2.72. The summed E-state index contributed by atoms with van der Waals surface area (Å²) in [5.41, 5.74) is 2.23. The van der Waals surface area contributed by atoms with E-state index in [4.69, 9.17) is 10.7 Å². The summed E-state index contributed by atoms with van der Waals surface area (Å²) in [5.74, 6) is 0. The minimum atomic E-state index is 0.106. The van der Waals surface area contributed by atoms with Gasteiger partial charge in [-0.3, -0.25) is 5.41 Å². The molecule has 0 spiro atoms. The Balaban J connectivity index is 2.68. The number of aromatic amines is 1. The van der Waals surface area contributed by atoms with Gasteiger partial charge in [0.25, 0.3) is 7.28 Å². The molecule has 59 valence electrons. The van der Waals surface area contributed by atoms with Crippen molar-refractivity contribution >= 4 is 29.9 Å². The Morgan fingerprint density at radius 3 is 3.15 bits per heavy atom. The van der Waals surface area contributed by atoms with Crippen molar-refractivity contribution in [2.45, 2.75) is 0 Å². The molecule has 0 fully saturated rings. The number of imidazole rings is 1. The zero-order chi connectivity index (χ0) is 9.00. The van der Waals surface area contributed by atoms with Crippen LogP contribution in [0.1, 0.15) is 0 Å². The third-order valence-corrected chi connectivity index (χ3v) is 1.98. The van der Waals surface area contributed by atoms with Gasteiger partial charge in [-0.2, -0.15) is 5.26 Å². The molecule has 0 atom stereocenters. The predicted octanol–water partition coefficient (Wildman–Crippen LogP) is -2.46. The van der Waals surface area contributed by atoms with E-state index in [1.165, 1.54) is 0 Å². The topological polar surface area (TPSA) is 94.1 Å². The Labute approximate surface area is 72.6 Å². The normalized spacial score (nSPS) is 11.9. The number of hydrogen-bond acceptors (Lipinski definition) is 4. The summed E-state index contributed by atoms with van der Waals surface area (Å²) in [6.45, 7) is 0. The molecule has 1 aliphatic heterocycles. The lowest BCUT2D eigenvalue weighted by atomic mass is 9.76. The molecule has 7 heteroatoms. The Bertz CT molecular complexity index is 614. The van der Waals surface area contributed by atoms with Crippen LogP contribution < -0.4 is 16.9 Å². The Kier molecular flexibility index (Phi) is 0.888. The summed E-state index contributed by atoms with van der Waals surface area (Å²) < 4.78 is 1.16. The molecule has 3 heterocycles. The van der Waals surface area contributed by atoms with Crippen molar-refractivity contribution in [3.8, 4) is 6.19 Å². The number of rotatable bonds is 0. The van der Waals surface area contributed by atoms with E-state index in [-0.39, 0.29) is 5.49 Å². The highest BCUT2D eigenvalue weighted by molar-refractivity contribution is 6.65. The lowest BCUT2D eigenvalue weighted by Gasteiger charge is -2.02.